The van der Waals surface area contributed by atoms with Gasteiger partial charge in [-0.1, -0.05) is 138 Å². The minimum absolute atomic E-state index is 0.303. The fourth-order valence-electron chi connectivity index (χ4n) is 3.63. The van der Waals surface area contributed by atoms with Crippen molar-refractivity contribution >= 4 is 46.6 Å². The van der Waals surface area contributed by atoms with Gasteiger partial charge in [-0.15, -0.1) is 0 Å². The maximum absolute atomic E-state index is 4.49. The Morgan fingerprint density at radius 3 is 1.25 bits per heavy atom. The molecule has 0 amide bonds. The van der Waals surface area contributed by atoms with Gasteiger partial charge < -0.3 is 0 Å². The molecule has 0 unspecified atom stereocenters. The van der Waals surface area contributed by atoms with Gasteiger partial charge in [0.25, 0.3) is 0 Å². The van der Waals surface area contributed by atoms with Crippen LogP contribution in [-0.4, -0.2) is 6.16 Å². The molecule has 0 aliphatic rings. The van der Waals surface area contributed by atoms with Crippen molar-refractivity contribution < 1.29 is 18.2 Å². The van der Waals surface area contributed by atoms with Crippen LogP contribution in [-0.2, 0) is 18.2 Å². The molecule has 0 atom stereocenters. The number of hydrogen-bond acceptors (Lipinski definition) is 0. The van der Waals surface area contributed by atoms with Crippen molar-refractivity contribution in [3.63, 3.8) is 0 Å². The van der Waals surface area contributed by atoms with Crippen LogP contribution >= 0.6 is 25.4 Å². The second-order valence-electron chi connectivity index (χ2n) is 7.19. The third kappa shape index (κ3) is 7.63. The van der Waals surface area contributed by atoms with Crippen molar-refractivity contribution in [2.45, 2.75) is 12.8 Å². The van der Waals surface area contributed by atoms with E-state index in [2.05, 4.69) is 155 Å². The molecule has 4 aromatic rings. The van der Waals surface area contributed by atoms with E-state index in [1.54, 1.807) is 0 Å². The summed E-state index contributed by atoms with van der Waals surface area (Å²) in [5, 5.41) is 5.83. The number of rotatable bonds is 9. The number of hydrogen-bond donors (Lipinski definition) is 0. The van der Waals surface area contributed by atoms with Crippen LogP contribution in [0.2, 0.25) is 0 Å². The first-order valence-electron chi connectivity index (χ1n) is 10.6. The standard InChI is InChI=1S/C28H27P2.ClH.Pd/c1-5-15-25(16-6-1)29(26-17-7-2-8-18-26)23-13-14-24-30(27-19-9-3-10-20-27)28-21-11-4-12-22-28;;/h1-12,15-23H,13-14,24H2;1H;/q-1;;+2/p-1. The summed E-state index contributed by atoms with van der Waals surface area (Å²) in [4.78, 5) is 0. The molecule has 0 aromatic heterocycles. The van der Waals surface area contributed by atoms with Crippen LogP contribution in [0.4, 0.5) is 0 Å². The Labute approximate surface area is 210 Å². The topological polar surface area (TPSA) is 0 Å². The van der Waals surface area contributed by atoms with Gasteiger partial charge in [0.15, 0.2) is 0 Å². The van der Waals surface area contributed by atoms with Gasteiger partial charge in [-0.25, -0.2) is 7.92 Å². The van der Waals surface area contributed by atoms with Crippen LogP contribution in [0.1, 0.15) is 12.8 Å². The van der Waals surface area contributed by atoms with E-state index in [1.807, 2.05) is 0 Å². The van der Waals surface area contributed by atoms with E-state index in [-0.39, 0.29) is 7.92 Å². The van der Waals surface area contributed by atoms with Gasteiger partial charge in [0.05, 0.1) is 0 Å². The normalized spacial score (nSPS) is 10.7. The zero-order valence-corrected chi connectivity index (χ0v) is 21.9. The van der Waals surface area contributed by atoms with Gasteiger partial charge in [-0.3, -0.25) is 6.16 Å². The zero-order chi connectivity index (χ0) is 22.4. The Morgan fingerprint density at radius 1 is 0.531 bits per heavy atom. The molecular weight excluding hydrogens is 540 g/mol. The fraction of sp³-hybridized carbons (Fsp3) is 0.107. The van der Waals surface area contributed by atoms with E-state index in [9.17, 15) is 0 Å². The average Bonchev–Trinajstić information content (AvgIpc) is 2.89. The first kappa shape index (κ1) is 25.3. The molecule has 166 valence electrons. The maximum atomic E-state index is 4.49. The molecular formula is C28H27ClP2Pd. The van der Waals surface area contributed by atoms with Crippen molar-refractivity contribution in [2.24, 2.45) is 0 Å². The molecule has 0 spiro atoms. The summed E-state index contributed by atoms with van der Waals surface area (Å²) in [5.74, 6) is 0. The third-order valence-electron chi connectivity index (χ3n) is 5.10. The zero-order valence-electron chi connectivity index (χ0n) is 17.8. The third-order valence-corrected chi connectivity index (χ3v) is 10.0. The summed E-state index contributed by atoms with van der Waals surface area (Å²) in [6.07, 6.45) is 6.16. The molecule has 0 saturated carbocycles. The summed E-state index contributed by atoms with van der Waals surface area (Å²) in [7, 11) is 3.78. The predicted molar refractivity (Wildman–Crippen MR) is 142 cm³/mol. The Hall–Kier alpha value is -1.31. The van der Waals surface area contributed by atoms with E-state index in [0.29, 0.717) is 0 Å². The van der Waals surface area contributed by atoms with Gasteiger partial charge in [0, 0.05) is 0 Å². The molecule has 4 heteroatoms. The molecule has 32 heavy (non-hydrogen) atoms. The Balaban J connectivity index is 0.00000141. The van der Waals surface area contributed by atoms with Crippen LogP contribution in [0.3, 0.4) is 0 Å². The molecule has 0 heterocycles. The first-order chi connectivity index (χ1) is 15.9. The summed E-state index contributed by atoms with van der Waals surface area (Å²) in [5.41, 5.74) is 0. The van der Waals surface area contributed by atoms with Crippen LogP contribution in [0, 0.1) is 6.16 Å². The van der Waals surface area contributed by atoms with Gasteiger partial charge in [0.1, 0.15) is 0 Å². The Bertz CT molecular complexity index is 835. The van der Waals surface area contributed by atoms with Crippen molar-refractivity contribution in [3.8, 4) is 0 Å². The number of halogens is 1. The van der Waals surface area contributed by atoms with E-state index in [4.69, 9.17) is 0 Å². The molecule has 0 fully saturated rings. The molecule has 0 N–H and O–H groups in total. The quantitative estimate of drug-likeness (QED) is 0.0896. The first-order valence-corrected chi connectivity index (χ1v) is 15.6. The Kier molecular flexibility index (Phi) is 11.7. The van der Waals surface area contributed by atoms with Crippen LogP contribution < -0.4 is 21.2 Å². The smallest absolute Gasteiger partial charge is 0.0195 e. The van der Waals surface area contributed by atoms with E-state index >= 15 is 0 Å². The Morgan fingerprint density at radius 2 is 0.875 bits per heavy atom. The number of benzene rings is 4. The van der Waals surface area contributed by atoms with Gasteiger partial charge in [-0.2, -0.15) is 6.42 Å². The van der Waals surface area contributed by atoms with Gasteiger partial charge in [-0.05, 0) is 24.7 Å². The maximum Gasteiger partial charge on any atom is -0.0195 e. The molecule has 0 saturated heterocycles. The van der Waals surface area contributed by atoms with Crippen LogP contribution in [0.5, 0.6) is 0 Å². The van der Waals surface area contributed by atoms with Gasteiger partial charge >= 0.3 is 27.7 Å². The summed E-state index contributed by atoms with van der Waals surface area (Å²) in [6, 6.07) is 44.0. The molecule has 0 aliphatic carbocycles. The van der Waals surface area contributed by atoms with E-state index in [1.165, 1.54) is 33.8 Å². The molecule has 4 rings (SSSR count). The fourth-order valence-corrected chi connectivity index (χ4v) is 8.15. The van der Waals surface area contributed by atoms with Crippen LogP contribution in [0.25, 0.3) is 0 Å². The molecule has 0 radical (unpaired) electrons. The summed E-state index contributed by atoms with van der Waals surface area (Å²) in [6.45, 7) is 0. The number of unbranched alkanes of at least 4 members (excludes halogenated alkanes) is 1. The second-order valence-corrected chi connectivity index (χ2v) is 11.7. The van der Waals surface area contributed by atoms with Crippen molar-refractivity contribution in [2.75, 3.05) is 6.16 Å². The van der Waals surface area contributed by atoms with Crippen molar-refractivity contribution in [3.05, 3.63) is 127 Å². The van der Waals surface area contributed by atoms with Crippen molar-refractivity contribution in [1.82, 2.24) is 0 Å². The summed E-state index contributed by atoms with van der Waals surface area (Å²) >= 11 is 2.22. The van der Waals surface area contributed by atoms with Gasteiger partial charge in [0.2, 0.25) is 0 Å². The van der Waals surface area contributed by atoms with Crippen molar-refractivity contribution in [1.29, 1.82) is 0 Å². The molecule has 0 nitrogen and oxygen atoms in total. The average molecular weight is 567 g/mol. The largest absolute Gasteiger partial charge is 0.294 e. The molecule has 0 bridgehead atoms. The minimum Gasteiger partial charge on any atom is -0.294 e. The predicted octanol–water partition coefficient (Wildman–Crippen LogP) is 6.88. The SMILES string of the molecule is [Cl][Pd+].c1ccc(P([CH-]CCCP(c2ccccc2)c2ccccc2)c2ccccc2)cc1. The van der Waals surface area contributed by atoms with E-state index < -0.39 is 7.92 Å². The monoisotopic (exact) mass is 566 g/mol. The minimum atomic E-state index is -0.408. The van der Waals surface area contributed by atoms with Crippen LogP contribution in [0.15, 0.2) is 121 Å². The molecule has 4 aromatic carbocycles. The molecule has 0 aliphatic heterocycles. The van der Waals surface area contributed by atoms with E-state index in [0.717, 1.165) is 6.42 Å². The summed E-state index contributed by atoms with van der Waals surface area (Å²) < 4.78 is 0. The second kappa shape index (κ2) is 14.8.